The topological polar surface area (TPSA) is 132 Å². The van der Waals surface area contributed by atoms with Crippen LogP contribution in [0.25, 0.3) is 0 Å². The molecule has 10 nitrogen and oxygen atoms in total. The van der Waals surface area contributed by atoms with Crippen LogP contribution in [0.3, 0.4) is 0 Å². The highest BCUT2D eigenvalue weighted by atomic mass is 32.2. The first-order valence-electron chi connectivity index (χ1n) is 12.3. The summed E-state index contributed by atoms with van der Waals surface area (Å²) in [7, 11) is -1.42. The van der Waals surface area contributed by atoms with Gasteiger partial charge in [0.1, 0.15) is 0 Å². The minimum absolute atomic E-state index is 0.113. The number of aliphatic hydroxyl groups excluding tert-OH is 1. The lowest BCUT2D eigenvalue weighted by Crippen LogP contribution is -2.55. The number of nitrogens with zero attached hydrogens (tertiary/aromatic N) is 2. The van der Waals surface area contributed by atoms with Gasteiger partial charge in [0.2, 0.25) is 15.9 Å². The van der Waals surface area contributed by atoms with Gasteiger partial charge in [0.05, 0.1) is 18.4 Å². The van der Waals surface area contributed by atoms with Crippen molar-refractivity contribution in [3.63, 3.8) is 0 Å². The summed E-state index contributed by atoms with van der Waals surface area (Å²) in [5, 5.41) is 21.3. The number of nitrogens with one attached hydrogen (secondary N) is 2. The van der Waals surface area contributed by atoms with E-state index in [-0.39, 0.29) is 24.5 Å². The van der Waals surface area contributed by atoms with Crippen molar-refractivity contribution in [3.05, 3.63) is 12.0 Å². The van der Waals surface area contributed by atoms with Gasteiger partial charge in [-0.05, 0) is 58.9 Å². The predicted molar refractivity (Wildman–Crippen MR) is 136 cm³/mol. The minimum atomic E-state index is -3.24. The molecule has 2 saturated heterocycles. The molecule has 0 aliphatic carbocycles. The van der Waals surface area contributed by atoms with E-state index in [1.807, 2.05) is 25.8 Å². The van der Waals surface area contributed by atoms with Crippen LogP contribution in [0.15, 0.2) is 12.0 Å². The summed E-state index contributed by atoms with van der Waals surface area (Å²) in [6, 6.07) is 0. The first-order chi connectivity index (χ1) is 16.1. The second-order valence-corrected chi connectivity index (χ2v) is 12.9. The van der Waals surface area contributed by atoms with Crippen LogP contribution in [0, 0.1) is 16.7 Å². The van der Waals surface area contributed by atoms with Crippen LogP contribution in [0.4, 0.5) is 0 Å². The molecule has 2 aliphatic heterocycles. The fourth-order valence-electron chi connectivity index (χ4n) is 4.13. The lowest BCUT2D eigenvalue weighted by molar-refractivity contribution is -0.171. The highest BCUT2D eigenvalue weighted by molar-refractivity contribution is 7.88. The van der Waals surface area contributed by atoms with Gasteiger partial charge in [-0.25, -0.2) is 12.7 Å². The third kappa shape index (κ3) is 8.82. The van der Waals surface area contributed by atoms with E-state index >= 15 is 0 Å². The van der Waals surface area contributed by atoms with Crippen LogP contribution < -0.4 is 5.32 Å². The highest BCUT2D eigenvalue weighted by Crippen LogP contribution is 2.24. The van der Waals surface area contributed by atoms with E-state index in [4.69, 9.17) is 14.9 Å². The van der Waals surface area contributed by atoms with Crippen molar-refractivity contribution >= 4 is 21.6 Å². The van der Waals surface area contributed by atoms with Crippen molar-refractivity contribution < 1.29 is 27.8 Å². The Hall–Kier alpha value is -1.53. The maximum atomic E-state index is 13.0. The van der Waals surface area contributed by atoms with Crippen LogP contribution in [0.2, 0.25) is 0 Å². The molecule has 2 aliphatic rings. The van der Waals surface area contributed by atoms with E-state index in [2.05, 4.69) is 5.32 Å². The third-order valence-corrected chi connectivity index (χ3v) is 8.28. The van der Waals surface area contributed by atoms with E-state index in [0.29, 0.717) is 26.2 Å². The number of hydrogen-bond donors (Lipinski definition) is 3. The standard InChI is InChI=1S/C24H44N4O6S/c1-23(2,17-34-21-11-7-8-13-33-21)19(25)14-20(29)26-22(30)24(3,4)27(5)15-18-10-9-12-28(16-18)35(6,31)32/h14,18,21,25,29H,7-13,15-17H2,1-6H3,(H,26,30)/b20-14-,25-19?/t18-,21?/m1/s1. The molecular weight excluding hydrogens is 472 g/mol. The number of sulfonamides is 1. The number of ether oxygens (including phenoxy) is 2. The zero-order valence-electron chi connectivity index (χ0n) is 22.1. The largest absolute Gasteiger partial charge is 0.494 e. The molecule has 0 aromatic rings. The van der Waals surface area contributed by atoms with Gasteiger partial charge in [0.15, 0.2) is 12.2 Å². The number of likely N-dealkylation sites (N-methyl/N-ethyl adjacent to an activating group) is 1. The summed E-state index contributed by atoms with van der Waals surface area (Å²) in [5.74, 6) is -0.701. The van der Waals surface area contributed by atoms with Crippen molar-refractivity contribution in [2.45, 2.75) is 71.6 Å². The van der Waals surface area contributed by atoms with Crippen LogP contribution in [0.1, 0.15) is 59.8 Å². The summed E-state index contributed by atoms with van der Waals surface area (Å²) >= 11 is 0. The van der Waals surface area contributed by atoms with Crippen molar-refractivity contribution in [1.29, 1.82) is 5.41 Å². The molecule has 3 N–H and O–H groups in total. The number of amides is 1. The Kier molecular flexibility index (Phi) is 10.3. The SMILES string of the molecule is CN(C[C@H]1CCCN(S(C)(=O)=O)C1)C(C)(C)C(=O)N/C(O)=C/C(=N)C(C)(C)COC1CCCCO1. The summed E-state index contributed by atoms with van der Waals surface area (Å²) in [6.45, 7) is 9.62. The quantitative estimate of drug-likeness (QED) is 0.284. The molecule has 0 spiro atoms. The van der Waals surface area contributed by atoms with Crippen LogP contribution in [-0.4, -0.2) is 92.3 Å². The van der Waals surface area contributed by atoms with E-state index in [0.717, 1.165) is 32.1 Å². The predicted octanol–water partition coefficient (Wildman–Crippen LogP) is 2.47. The Morgan fingerprint density at radius 1 is 1.26 bits per heavy atom. The molecule has 2 atom stereocenters. The van der Waals surface area contributed by atoms with E-state index in [1.165, 1.54) is 16.6 Å². The number of carbonyl (C=O) groups excluding carboxylic acids is 1. The Bertz CT molecular complexity index is 880. The molecule has 35 heavy (non-hydrogen) atoms. The normalized spacial score (nSPS) is 23.3. The van der Waals surface area contributed by atoms with Gasteiger partial charge in [-0.1, -0.05) is 13.8 Å². The Morgan fingerprint density at radius 2 is 1.94 bits per heavy atom. The molecule has 0 aromatic heterocycles. The van der Waals surface area contributed by atoms with Gasteiger partial charge in [0.25, 0.3) is 0 Å². The molecule has 0 radical (unpaired) electrons. The van der Waals surface area contributed by atoms with Crippen molar-refractivity contribution in [2.24, 2.45) is 11.3 Å². The van der Waals surface area contributed by atoms with Gasteiger partial charge in [-0.3, -0.25) is 15.0 Å². The van der Waals surface area contributed by atoms with Gasteiger partial charge in [0, 0.05) is 43.4 Å². The number of allylic oxidation sites excluding steroid dienone is 1. The number of carbonyl (C=O) groups is 1. The smallest absolute Gasteiger partial charge is 0.246 e. The molecule has 0 saturated carbocycles. The molecule has 0 bridgehead atoms. The zero-order valence-corrected chi connectivity index (χ0v) is 22.9. The third-order valence-electron chi connectivity index (χ3n) is 7.01. The second-order valence-electron chi connectivity index (χ2n) is 11.0. The highest BCUT2D eigenvalue weighted by Gasteiger charge is 2.36. The number of hydrogen-bond acceptors (Lipinski definition) is 8. The van der Waals surface area contributed by atoms with E-state index in [1.54, 1.807) is 13.8 Å². The molecule has 0 aromatic carbocycles. The molecule has 2 fully saturated rings. The summed E-state index contributed by atoms with van der Waals surface area (Å²) in [4.78, 5) is 14.8. The van der Waals surface area contributed by atoms with Gasteiger partial charge < -0.3 is 20.0 Å². The van der Waals surface area contributed by atoms with Crippen molar-refractivity contribution in [1.82, 2.24) is 14.5 Å². The Labute approximate surface area is 210 Å². The monoisotopic (exact) mass is 516 g/mol. The molecule has 1 amide bonds. The lowest BCUT2D eigenvalue weighted by Gasteiger charge is -2.39. The average Bonchev–Trinajstić information content (AvgIpc) is 2.77. The molecular formula is C24H44N4O6S. The first kappa shape index (κ1) is 29.7. The Balaban J connectivity index is 1.91. The van der Waals surface area contributed by atoms with Crippen molar-refractivity contribution in [2.75, 3.05) is 46.2 Å². The fraction of sp³-hybridized carbons (Fsp3) is 0.833. The Morgan fingerprint density at radius 3 is 2.54 bits per heavy atom. The van der Waals surface area contributed by atoms with Crippen LogP contribution in [-0.2, 0) is 24.3 Å². The molecule has 1 unspecified atom stereocenters. The maximum absolute atomic E-state index is 13.0. The van der Waals surface area contributed by atoms with E-state index in [9.17, 15) is 18.3 Å². The summed E-state index contributed by atoms with van der Waals surface area (Å²) in [6.07, 6.45) is 6.78. The van der Waals surface area contributed by atoms with E-state index < -0.39 is 32.8 Å². The minimum Gasteiger partial charge on any atom is -0.494 e. The molecule has 202 valence electrons. The average molecular weight is 517 g/mol. The molecule has 11 heteroatoms. The van der Waals surface area contributed by atoms with Crippen LogP contribution >= 0.6 is 0 Å². The summed E-state index contributed by atoms with van der Waals surface area (Å²) < 4.78 is 36.7. The number of piperidine rings is 1. The number of aliphatic hydroxyl groups is 1. The number of rotatable bonds is 11. The molecule has 2 heterocycles. The van der Waals surface area contributed by atoms with Gasteiger partial charge >= 0.3 is 0 Å². The first-order valence-corrected chi connectivity index (χ1v) is 14.2. The molecule has 2 rings (SSSR count). The zero-order chi connectivity index (χ0) is 26.4. The van der Waals surface area contributed by atoms with Gasteiger partial charge in [-0.2, -0.15) is 0 Å². The fourth-order valence-corrected chi connectivity index (χ4v) is 5.07. The van der Waals surface area contributed by atoms with Gasteiger partial charge in [-0.15, -0.1) is 0 Å². The summed E-state index contributed by atoms with van der Waals surface area (Å²) in [5.41, 5.74) is -1.52. The second kappa shape index (κ2) is 12.1. The maximum Gasteiger partial charge on any atom is 0.246 e. The lowest BCUT2D eigenvalue weighted by atomic mass is 9.88. The van der Waals surface area contributed by atoms with Crippen molar-refractivity contribution in [3.8, 4) is 0 Å². The van der Waals surface area contributed by atoms with Crippen LogP contribution in [0.5, 0.6) is 0 Å².